The second kappa shape index (κ2) is 7.17. The Hall–Kier alpha value is -2.25. The van der Waals surface area contributed by atoms with Crippen molar-refractivity contribution in [1.29, 1.82) is 0 Å². The number of likely N-dealkylation sites (N-methyl/N-ethyl adjacent to an activating group) is 1. The summed E-state index contributed by atoms with van der Waals surface area (Å²) < 4.78 is 41.8. The van der Waals surface area contributed by atoms with Crippen LogP contribution in [0.15, 0.2) is 24.3 Å². The Kier molecular flexibility index (Phi) is 5.11. The predicted octanol–water partition coefficient (Wildman–Crippen LogP) is 2.82. The molecule has 0 spiro atoms. The highest BCUT2D eigenvalue weighted by Gasteiger charge is 2.48. The number of nitrogens with one attached hydrogen (secondary N) is 1. The Balaban J connectivity index is 1.70. The van der Waals surface area contributed by atoms with Crippen LogP contribution in [0.25, 0.3) is 0 Å². The first-order chi connectivity index (χ1) is 12.3. The highest BCUT2D eigenvalue weighted by Crippen LogP contribution is 2.51. The Morgan fingerprint density at radius 1 is 1.27 bits per heavy atom. The van der Waals surface area contributed by atoms with E-state index >= 15 is 0 Å². The highest BCUT2D eigenvalue weighted by molar-refractivity contribution is 5.90. The van der Waals surface area contributed by atoms with Gasteiger partial charge in [0, 0.05) is 19.5 Å². The van der Waals surface area contributed by atoms with Crippen molar-refractivity contribution in [3.05, 3.63) is 29.8 Å². The minimum atomic E-state index is -4.78. The number of halogens is 3. The summed E-state index contributed by atoms with van der Waals surface area (Å²) in [6, 6.07) is 5.38. The molecule has 2 amide bonds. The Labute approximate surface area is 149 Å². The quantitative estimate of drug-likeness (QED) is 0.887. The summed E-state index contributed by atoms with van der Waals surface area (Å²) in [4.78, 5) is 26.3. The second-order valence-electron chi connectivity index (χ2n) is 6.79. The topological polar surface area (TPSA) is 58.6 Å². The maximum atomic E-state index is 12.7. The Morgan fingerprint density at radius 2 is 2.00 bits per heavy atom. The maximum absolute atomic E-state index is 12.7. The fourth-order valence-electron chi connectivity index (χ4n) is 3.52. The van der Waals surface area contributed by atoms with Crippen molar-refractivity contribution >= 4 is 11.8 Å². The van der Waals surface area contributed by atoms with Crippen LogP contribution in [0.5, 0.6) is 5.75 Å². The van der Waals surface area contributed by atoms with Crippen LogP contribution in [-0.2, 0) is 9.59 Å². The van der Waals surface area contributed by atoms with Crippen molar-refractivity contribution < 1.29 is 27.5 Å². The molecule has 0 radical (unpaired) electrons. The van der Waals surface area contributed by atoms with Gasteiger partial charge in [-0.15, -0.1) is 13.2 Å². The molecule has 5 nitrogen and oxygen atoms in total. The number of para-hydroxylation sites is 1. The molecule has 3 atom stereocenters. The molecule has 0 bridgehead atoms. The number of ether oxygens (including phenoxy) is 1. The average molecular weight is 370 g/mol. The van der Waals surface area contributed by atoms with Gasteiger partial charge in [0.25, 0.3) is 0 Å². The van der Waals surface area contributed by atoms with Gasteiger partial charge in [-0.25, -0.2) is 0 Å². The summed E-state index contributed by atoms with van der Waals surface area (Å²) in [5.41, 5.74) is 0.377. The van der Waals surface area contributed by atoms with E-state index in [4.69, 9.17) is 0 Å². The van der Waals surface area contributed by atoms with Crippen LogP contribution in [0.2, 0.25) is 0 Å². The molecule has 0 unspecified atom stereocenters. The summed E-state index contributed by atoms with van der Waals surface area (Å²) >= 11 is 0. The molecule has 1 saturated carbocycles. The van der Waals surface area contributed by atoms with Gasteiger partial charge in [-0.3, -0.25) is 9.59 Å². The molecular weight excluding hydrogens is 349 g/mol. The van der Waals surface area contributed by atoms with Gasteiger partial charge >= 0.3 is 6.36 Å². The fraction of sp³-hybridized carbons (Fsp3) is 0.556. The first-order valence-electron chi connectivity index (χ1n) is 8.67. The van der Waals surface area contributed by atoms with Gasteiger partial charge in [0.1, 0.15) is 11.8 Å². The number of benzene rings is 1. The van der Waals surface area contributed by atoms with Gasteiger partial charge in [-0.2, -0.15) is 0 Å². The van der Waals surface area contributed by atoms with E-state index in [2.05, 4.69) is 10.1 Å². The molecule has 1 aliphatic carbocycles. The number of amides is 2. The third kappa shape index (κ3) is 4.11. The highest BCUT2D eigenvalue weighted by atomic mass is 19.4. The SMILES string of the molecule is CN(C(=O)[C@@H]1C[C@@H]1c1ccccc1OC(F)(F)F)[C@@H]1CCCCNC1=O. The average Bonchev–Trinajstić information content (AvgIpc) is 3.37. The van der Waals surface area contributed by atoms with Crippen molar-refractivity contribution in [2.45, 2.75) is 44.0 Å². The standard InChI is InChI=1S/C18H21F3N2O3/c1-23(14-7-4-5-9-22-16(14)24)17(25)13-10-12(13)11-6-2-3-8-15(11)26-18(19,20)21/h2-3,6,8,12-14H,4-5,7,9-10H2,1H3,(H,22,24)/t12-,13-,14-/m1/s1. The van der Waals surface area contributed by atoms with E-state index in [9.17, 15) is 22.8 Å². The van der Waals surface area contributed by atoms with Crippen LogP contribution in [0.4, 0.5) is 13.2 Å². The molecule has 1 aromatic rings. The molecule has 1 saturated heterocycles. The fourth-order valence-corrected chi connectivity index (χ4v) is 3.52. The van der Waals surface area contributed by atoms with Gasteiger partial charge < -0.3 is 15.0 Å². The van der Waals surface area contributed by atoms with E-state index in [1.165, 1.54) is 17.0 Å². The van der Waals surface area contributed by atoms with Gasteiger partial charge in [0.05, 0.1) is 0 Å². The van der Waals surface area contributed by atoms with Crippen LogP contribution >= 0.6 is 0 Å². The van der Waals surface area contributed by atoms with E-state index in [0.29, 0.717) is 24.9 Å². The number of nitrogens with zero attached hydrogens (tertiary/aromatic N) is 1. The summed E-state index contributed by atoms with van der Waals surface area (Å²) in [5, 5.41) is 2.79. The van der Waals surface area contributed by atoms with Gasteiger partial charge in [-0.1, -0.05) is 18.2 Å². The largest absolute Gasteiger partial charge is 0.573 e. The number of hydrogen-bond donors (Lipinski definition) is 1. The van der Waals surface area contributed by atoms with Crippen molar-refractivity contribution in [3.8, 4) is 5.75 Å². The summed E-state index contributed by atoms with van der Waals surface area (Å²) in [6.07, 6.45) is -2.01. The van der Waals surface area contributed by atoms with E-state index in [1.807, 2.05) is 0 Å². The lowest BCUT2D eigenvalue weighted by Gasteiger charge is -2.26. The first-order valence-corrected chi connectivity index (χ1v) is 8.67. The van der Waals surface area contributed by atoms with Crippen LogP contribution in [0.1, 0.15) is 37.2 Å². The zero-order valence-electron chi connectivity index (χ0n) is 14.4. The molecule has 26 heavy (non-hydrogen) atoms. The van der Waals surface area contributed by atoms with Crippen LogP contribution in [0.3, 0.4) is 0 Å². The van der Waals surface area contributed by atoms with E-state index in [1.54, 1.807) is 19.2 Å². The zero-order valence-corrected chi connectivity index (χ0v) is 14.4. The summed E-state index contributed by atoms with van der Waals surface area (Å²) in [5.74, 6) is -1.39. The van der Waals surface area contributed by atoms with Crippen molar-refractivity contribution in [2.24, 2.45) is 5.92 Å². The molecule has 0 aromatic heterocycles. The minimum Gasteiger partial charge on any atom is -0.405 e. The number of hydrogen-bond acceptors (Lipinski definition) is 3. The molecule has 8 heteroatoms. The monoisotopic (exact) mass is 370 g/mol. The first kappa shape index (κ1) is 18.5. The Bertz CT molecular complexity index is 693. The van der Waals surface area contributed by atoms with Gasteiger partial charge in [0.15, 0.2) is 0 Å². The molecule has 1 N–H and O–H groups in total. The minimum absolute atomic E-state index is 0.170. The normalized spacial score (nSPS) is 25.8. The molecule has 2 aliphatic rings. The van der Waals surface area contributed by atoms with Crippen LogP contribution in [0, 0.1) is 5.92 Å². The predicted molar refractivity (Wildman–Crippen MR) is 87.4 cm³/mol. The number of carbonyl (C=O) groups is 2. The Morgan fingerprint density at radius 3 is 2.73 bits per heavy atom. The smallest absolute Gasteiger partial charge is 0.405 e. The van der Waals surface area contributed by atoms with E-state index < -0.39 is 18.3 Å². The number of alkyl halides is 3. The second-order valence-corrected chi connectivity index (χ2v) is 6.79. The van der Waals surface area contributed by atoms with Gasteiger partial charge in [-0.05, 0) is 43.2 Å². The van der Waals surface area contributed by atoms with Crippen molar-refractivity contribution in [2.75, 3.05) is 13.6 Å². The third-order valence-electron chi connectivity index (χ3n) is 4.97. The van der Waals surface area contributed by atoms with Crippen LogP contribution < -0.4 is 10.1 Å². The van der Waals surface area contributed by atoms with Gasteiger partial charge in [0.2, 0.25) is 11.8 Å². The zero-order chi connectivity index (χ0) is 18.9. The molecule has 3 rings (SSSR count). The molecule has 142 valence electrons. The lowest BCUT2D eigenvalue weighted by Crippen LogP contribution is -2.47. The molecule has 1 heterocycles. The van der Waals surface area contributed by atoms with Crippen LogP contribution in [-0.4, -0.2) is 42.7 Å². The van der Waals surface area contributed by atoms with Crippen molar-refractivity contribution in [1.82, 2.24) is 10.2 Å². The van der Waals surface area contributed by atoms with E-state index in [-0.39, 0.29) is 23.5 Å². The molecular formula is C18H21F3N2O3. The molecule has 2 fully saturated rings. The summed E-state index contributed by atoms with van der Waals surface area (Å²) in [6.45, 7) is 0.603. The maximum Gasteiger partial charge on any atom is 0.573 e. The van der Waals surface area contributed by atoms with E-state index in [0.717, 1.165) is 12.8 Å². The lowest BCUT2D eigenvalue weighted by atomic mass is 10.1. The van der Waals surface area contributed by atoms with Crippen molar-refractivity contribution in [3.63, 3.8) is 0 Å². The number of rotatable bonds is 4. The summed E-state index contributed by atoms with van der Waals surface area (Å²) in [7, 11) is 1.59. The molecule has 1 aromatic carbocycles. The lowest BCUT2D eigenvalue weighted by molar-refractivity contribution is -0.274. The molecule has 1 aliphatic heterocycles. The third-order valence-corrected chi connectivity index (χ3v) is 4.97. The number of carbonyl (C=O) groups excluding carboxylic acids is 2.